The van der Waals surface area contributed by atoms with E-state index in [1.54, 1.807) is 27.7 Å². The van der Waals surface area contributed by atoms with Crippen molar-refractivity contribution in [2.75, 3.05) is 0 Å². The molecule has 0 radical (unpaired) electrons. The molecule has 140 valence electrons. The van der Waals surface area contributed by atoms with Gasteiger partial charge in [0.05, 0.1) is 16.7 Å². The maximum absolute atomic E-state index is 12.2. The molecule has 2 aromatic rings. The second-order valence-electron chi connectivity index (χ2n) is 6.68. The molecule has 1 heterocycles. The Morgan fingerprint density at radius 3 is 2.04 bits per heavy atom. The maximum atomic E-state index is 12.2. The van der Waals surface area contributed by atoms with Crippen LogP contribution in [0.1, 0.15) is 47.2 Å². The van der Waals surface area contributed by atoms with Crippen LogP contribution in [0.4, 0.5) is 0 Å². The maximum Gasteiger partial charge on any atom is 0.273 e. The lowest BCUT2D eigenvalue weighted by Crippen LogP contribution is -2.42. The molecule has 0 aliphatic heterocycles. The zero-order valence-electron chi connectivity index (χ0n) is 14.9. The number of carbonyl (C=O) groups excluding carboxylic acids is 2. The molecule has 0 unspecified atom stereocenters. The quantitative estimate of drug-likeness (QED) is 0.700. The number of hydrogen-bond donors (Lipinski definition) is 3. The zero-order valence-corrected chi connectivity index (χ0v) is 15.7. The van der Waals surface area contributed by atoms with E-state index in [4.69, 9.17) is 4.42 Å². The second kappa shape index (κ2) is 7.30. The zero-order chi connectivity index (χ0) is 19.5. The van der Waals surface area contributed by atoms with Gasteiger partial charge < -0.3 is 4.42 Å². The van der Waals surface area contributed by atoms with Crippen molar-refractivity contribution in [3.8, 4) is 0 Å². The molecule has 0 bridgehead atoms. The van der Waals surface area contributed by atoms with Crippen LogP contribution in [0, 0.1) is 6.92 Å². The number of nitrogens with one attached hydrogen (secondary N) is 3. The molecule has 9 heteroatoms. The molecule has 0 saturated carbocycles. The van der Waals surface area contributed by atoms with Crippen LogP contribution in [0.3, 0.4) is 0 Å². The van der Waals surface area contributed by atoms with Crippen LogP contribution >= 0.6 is 0 Å². The van der Waals surface area contributed by atoms with Gasteiger partial charge in [-0.3, -0.25) is 20.4 Å². The number of benzene rings is 1. The number of hydrogen-bond acceptors (Lipinski definition) is 5. The lowest BCUT2D eigenvalue weighted by Gasteiger charge is -2.20. The Bertz CT molecular complexity index is 909. The van der Waals surface area contributed by atoms with Gasteiger partial charge in [-0.15, -0.1) is 0 Å². The van der Waals surface area contributed by atoms with Crippen LogP contribution in [-0.4, -0.2) is 25.8 Å². The van der Waals surface area contributed by atoms with Gasteiger partial charge in [-0.2, -0.15) is 0 Å². The van der Waals surface area contributed by atoms with Crippen molar-refractivity contribution in [1.29, 1.82) is 0 Å². The molecule has 26 heavy (non-hydrogen) atoms. The van der Waals surface area contributed by atoms with Crippen LogP contribution in [0.5, 0.6) is 0 Å². The predicted molar refractivity (Wildman–Crippen MR) is 94.9 cm³/mol. The Hall–Kier alpha value is -2.65. The third-order valence-corrected chi connectivity index (χ3v) is 5.03. The molecule has 1 aromatic heterocycles. The number of sulfonamides is 1. The van der Waals surface area contributed by atoms with Gasteiger partial charge in [0.25, 0.3) is 11.8 Å². The molecular formula is C17H21N3O5S. The lowest BCUT2D eigenvalue weighted by atomic mass is 10.1. The van der Waals surface area contributed by atoms with E-state index < -0.39 is 27.4 Å². The summed E-state index contributed by atoms with van der Waals surface area (Å²) in [6.07, 6.45) is 1.37. The highest BCUT2D eigenvalue weighted by Crippen LogP contribution is 2.14. The Kier molecular flexibility index (Phi) is 5.53. The van der Waals surface area contributed by atoms with Crippen LogP contribution in [0.2, 0.25) is 0 Å². The summed E-state index contributed by atoms with van der Waals surface area (Å²) in [5.41, 5.74) is 4.42. The van der Waals surface area contributed by atoms with E-state index in [2.05, 4.69) is 15.6 Å². The minimum absolute atomic E-state index is 0.0435. The summed E-state index contributed by atoms with van der Waals surface area (Å²) in [5, 5.41) is 0. The van der Waals surface area contributed by atoms with Crippen molar-refractivity contribution >= 4 is 21.8 Å². The molecule has 0 spiro atoms. The number of hydrazine groups is 1. The van der Waals surface area contributed by atoms with Gasteiger partial charge in [0.15, 0.2) is 0 Å². The SMILES string of the molecule is Cc1occc1C(=O)NNC(=O)c1ccc(S(=O)(=O)NC(C)(C)C)cc1. The second-order valence-corrected chi connectivity index (χ2v) is 8.36. The lowest BCUT2D eigenvalue weighted by molar-refractivity contribution is 0.0845. The van der Waals surface area contributed by atoms with Crippen molar-refractivity contribution in [1.82, 2.24) is 15.6 Å². The first kappa shape index (κ1) is 19.7. The average molecular weight is 379 g/mol. The van der Waals surface area contributed by atoms with E-state index in [-0.39, 0.29) is 10.5 Å². The van der Waals surface area contributed by atoms with E-state index in [1.165, 1.54) is 36.6 Å². The number of rotatable bonds is 4. The number of amides is 2. The summed E-state index contributed by atoms with van der Waals surface area (Å²) < 4.78 is 32.0. The summed E-state index contributed by atoms with van der Waals surface area (Å²) in [5.74, 6) is -0.664. The van der Waals surface area contributed by atoms with Gasteiger partial charge in [-0.1, -0.05) is 0 Å². The summed E-state index contributed by atoms with van der Waals surface area (Å²) >= 11 is 0. The third-order valence-electron chi connectivity index (χ3n) is 3.26. The van der Waals surface area contributed by atoms with Crippen molar-refractivity contribution < 1.29 is 22.4 Å². The molecule has 2 rings (SSSR count). The molecule has 0 aliphatic rings. The highest BCUT2D eigenvalue weighted by atomic mass is 32.2. The highest BCUT2D eigenvalue weighted by Gasteiger charge is 2.22. The first-order valence-corrected chi connectivity index (χ1v) is 9.27. The largest absolute Gasteiger partial charge is 0.469 e. The Labute approximate surface area is 152 Å². The topological polar surface area (TPSA) is 118 Å². The Morgan fingerprint density at radius 2 is 1.54 bits per heavy atom. The summed E-state index contributed by atoms with van der Waals surface area (Å²) in [7, 11) is -3.68. The van der Waals surface area contributed by atoms with E-state index in [9.17, 15) is 18.0 Å². The van der Waals surface area contributed by atoms with Crippen LogP contribution < -0.4 is 15.6 Å². The van der Waals surface area contributed by atoms with Crippen molar-refractivity contribution in [2.24, 2.45) is 0 Å². The van der Waals surface area contributed by atoms with Crippen LogP contribution in [0.15, 0.2) is 45.9 Å². The summed E-state index contributed by atoms with van der Waals surface area (Å²) in [6.45, 7) is 6.83. The number of furan rings is 1. The first-order chi connectivity index (χ1) is 12.0. The van der Waals surface area contributed by atoms with Crippen LogP contribution in [0.25, 0.3) is 0 Å². The van der Waals surface area contributed by atoms with Crippen LogP contribution in [-0.2, 0) is 10.0 Å². The van der Waals surface area contributed by atoms with E-state index >= 15 is 0 Å². The predicted octanol–water partition coefficient (Wildman–Crippen LogP) is 1.74. The minimum Gasteiger partial charge on any atom is -0.469 e. The van der Waals surface area contributed by atoms with Crippen molar-refractivity contribution in [3.63, 3.8) is 0 Å². The summed E-state index contributed by atoms with van der Waals surface area (Å²) in [6, 6.07) is 6.86. The minimum atomic E-state index is -3.68. The fraction of sp³-hybridized carbons (Fsp3) is 0.294. The fourth-order valence-corrected chi connectivity index (χ4v) is 3.54. The number of aryl methyl sites for hydroxylation is 1. The van der Waals surface area contributed by atoms with Gasteiger partial charge >= 0.3 is 0 Å². The van der Waals surface area contributed by atoms with E-state index in [0.29, 0.717) is 11.3 Å². The molecule has 0 fully saturated rings. The molecule has 3 N–H and O–H groups in total. The third kappa shape index (κ3) is 4.93. The van der Waals surface area contributed by atoms with Gasteiger partial charge in [-0.25, -0.2) is 13.1 Å². The summed E-state index contributed by atoms with van der Waals surface area (Å²) in [4.78, 5) is 24.0. The molecule has 0 atom stereocenters. The smallest absolute Gasteiger partial charge is 0.273 e. The first-order valence-electron chi connectivity index (χ1n) is 7.78. The molecule has 2 amide bonds. The molecule has 0 saturated heterocycles. The van der Waals surface area contributed by atoms with E-state index in [1.807, 2.05) is 0 Å². The molecule has 0 aliphatic carbocycles. The van der Waals surface area contributed by atoms with Crippen molar-refractivity contribution in [3.05, 3.63) is 53.5 Å². The number of carbonyl (C=O) groups is 2. The van der Waals surface area contributed by atoms with Gasteiger partial charge in [0.1, 0.15) is 5.76 Å². The van der Waals surface area contributed by atoms with Gasteiger partial charge in [-0.05, 0) is 58.0 Å². The Morgan fingerprint density at radius 1 is 0.962 bits per heavy atom. The fourth-order valence-electron chi connectivity index (χ4n) is 2.12. The molecule has 8 nitrogen and oxygen atoms in total. The van der Waals surface area contributed by atoms with Gasteiger partial charge in [0.2, 0.25) is 10.0 Å². The standard InChI is InChI=1S/C17H21N3O5S/c1-11-14(9-10-25-11)16(22)19-18-15(21)12-5-7-13(8-6-12)26(23,24)20-17(2,3)4/h5-10,20H,1-4H3,(H,18,21)(H,19,22). The highest BCUT2D eigenvalue weighted by molar-refractivity contribution is 7.89. The molecular weight excluding hydrogens is 358 g/mol. The normalized spacial score (nSPS) is 11.8. The monoisotopic (exact) mass is 379 g/mol. The van der Waals surface area contributed by atoms with Gasteiger partial charge in [0, 0.05) is 11.1 Å². The van der Waals surface area contributed by atoms with E-state index in [0.717, 1.165) is 0 Å². The molecule has 1 aromatic carbocycles. The average Bonchev–Trinajstić information content (AvgIpc) is 2.96. The van der Waals surface area contributed by atoms with Crippen molar-refractivity contribution in [2.45, 2.75) is 38.1 Å². The Balaban J connectivity index is 2.03.